The topological polar surface area (TPSA) is 101 Å². The van der Waals surface area contributed by atoms with E-state index in [2.05, 4.69) is 0 Å². The zero-order valence-electron chi connectivity index (χ0n) is 6.38. The average molecular weight is 153 g/mol. The van der Waals surface area contributed by atoms with Crippen LogP contribution in [0.15, 0.2) is 0 Å². The maximum absolute atomic E-state index is 8.77. The van der Waals surface area contributed by atoms with Crippen molar-refractivity contribution in [1.29, 1.82) is 0 Å². The second kappa shape index (κ2) is 4.59. The number of aliphatic hydroxyl groups excluding tert-OH is 5. The summed E-state index contributed by atoms with van der Waals surface area (Å²) in [5, 5.41) is 42.6. The first kappa shape index (κ1) is 9.80. The molecule has 0 saturated heterocycles. The summed E-state index contributed by atoms with van der Waals surface area (Å²) in [4.78, 5) is 0. The summed E-state index contributed by atoms with van der Waals surface area (Å²) in [7, 11) is 0. The van der Waals surface area contributed by atoms with Crippen molar-refractivity contribution in [1.82, 2.24) is 0 Å². The Labute approximate surface area is 59.7 Å². The largest absolute Gasteiger partial charge is 1.00 e. The van der Waals surface area contributed by atoms with E-state index in [1.165, 1.54) is 0 Å². The quantitative estimate of drug-likeness (QED) is 0.299. The van der Waals surface area contributed by atoms with Gasteiger partial charge in [0.1, 0.15) is 18.3 Å². The Morgan fingerprint density at radius 1 is 0.900 bits per heavy atom. The number of aliphatic hydroxyl groups is 5. The van der Waals surface area contributed by atoms with Gasteiger partial charge in [0.15, 0.2) is 0 Å². The van der Waals surface area contributed by atoms with Crippen LogP contribution in [-0.2, 0) is 0 Å². The summed E-state index contributed by atoms with van der Waals surface area (Å²) in [6.07, 6.45) is -4.29. The first-order chi connectivity index (χ1) is 4.63. The molecular weight excluding hydrogens is 140 g/mol. The minimum atomic E-state index is -1.49. The Kier molecular flexibility index (Phi) is 4.50. The van der Waals surface area contributed by atoms with Gasteiger partial charge in [-0.3, -0.25) is 0 Å². The zero-order chi connectivity index (χ0) is 8.15. The van der Waals surface area contributed by atoms with Crippen molar-refractivity contribution in [2.45, 2.75) is 18.3 Å². The molecule has 10 heavy (non-hydrogen) atoms. The molecule has 62 valence electrons. The lowest BCUT2D eigenvalue weighted by atomic mass is 10.1. The van der Waals surface area contributed by atoms with E-state index >= 15 is 0 Å². The third-order valence-electron chi connectivity index (χ3n) is 1.16. The SMILES string of the molecule is OC[C@@H](O)C(O)[C@@H](O)CO.[H+]. The van der Waals surface area contributed by atoms with E-state index in [0.29, 0.717) is 0 Å². The highest BCUT2D eigenvalue weighted by Crippen LogP contribution is 1.97. The molecule has 0 bridgehead atoms. The monoisotopic (exact) mass is 153 g/mol. The van der Waals surface area contributed by atoms with E-state index in [0.717, 1.165) is 0 Å². The van der Waals surface area contributed by atoms with Gasteiger partial charge >= 0.3 is 1.43 Å². The third kappa shape index (κ3) is 2.59. The lowest BCUT2D eigenvalue weighted by Gasteiger charge is -2.19. The molecule has 0 radical (unpaired) electrons. The summed E-state index contributed by atoms with van der Waals surface area (Å²) in [6, 6.07) is 0. The lowest BCUT2D eigenvalue weighted by Crippen LogP contribution is -2.41. The van der Waals surface area contributed by atoms with Gasteiger partial charge in [0.25, 0.3) is 0 Å². The summed E-state index contributed by atoms with van der Waals surface area (Å²) in [5.41, 5.74) is 0. The fourth-order valence-corrected chi connectivity index (χ4v) is 0.472. The van der Waals surface area contributed by atoms with Gasteiger partial charge in [0.05, 0.1) is 13.2 Å². The van der Waals surface area contributed by atoms with Gasteiger partial charge in [-0.2, -0.15) is 0 Å². The van der Waals surface area contributed by atoms with E-state index in [-0.39, 0.29) is 1.43 Å². The van der Waals surface area contributed by atoms with Crippen LogP contribution < -0.4 is 0 Å². The van der Waals surface area contributed by atoms with Crippen molar-refractivity contribution < 1.29 is 27.0 Å². The molecule has 0 aromatic carbocycles. The Balaban J connectivity index is 0. The third-order valence-corrected chi connectivity index (χ3v) is 1.16. The predicted octanol–water partition coefficient (Wildman–Crippen LogP) is -2.83. The van der Waals surface area contributed by atoms with E-state index in [9.17, 15) is 0 Å². The van der Waals surface area contributed by atoms with Crippen molar-refractivity contribution in [2.75, 3.05) is 13.2 Å². The Morgan fingerprint density at radius 2 is 1.20 bits per heavy atom. The normalized spacial score (nSPS) is 20.1. The van der Waals surface area contributed by atoms with Crippen LogP contribution >= 0.6 is 0 Å². The lowest BCUT2D eigenvalue weighted by molar-refractivity contribution is -0.0900. The van der Waals surface area contributed by atoms with Crippen LogP contribution in [0.1, 0.15) is 1.43 Å². The number of hydrogen-bond donors (Lipinski definition) is 5. The van der Waals surface area contributed by atoms with Gasteiger partial charge in [0.2, 0.25) is 0 Å². The highest BCUT2D eigenvalue weighted by atomic mass is 16.4. The van der Waals surface area contributed by atoms with Crippen LogP contribution in [0.2, 0.25) is 0 Å². The first-order valence-electron chi connectivity index (χ1n) is 2.89. The predicted molar refractivity (Wildman–Crippen MR) is 33.3 cm³/mol. The fourth-order valence-electron chi connectivity index (χ4n) is 0.472. The van der Waals surface area contributed by atoms with Gasteiger partial charge in [-0.05, 0) is 0 Å². The molecule has 5 N–H and O–H groups in total. The standard InChI is InChI=1S/C5H12O5/c6-1-3(8)5(10)4(9)2-7/h3-10H,1-2H2/p+1/t3-,4+,5?. The van der Waals surface area contributed by atoms with E-state index in [1.807, 2.05) is 0 Å². The molecule has 0 amide bonds. The molecule has 0 aliphatic rings. The van der Waals surface area contributed by atoms with Crippen LogP contribution in [0.4, 0.5) is 0 Å². The molecule has 0 aliphatic carbocycles. The first-order valence-corrected chi connectivity index (χ1v) is 2.89. The molecule has 0 aliphatic heterocycles. The molecule has 0 aromatic rings. The van der Waals surface area contributed by atoms with Crippen LogP contribution in [0.25, 0.3) is 0 Å². The highest BCUT2D eigenvalue weighted by molar-refractivity contribution is 4.73. The van der Waals surface area contributed by atoms with Crippen LogP contribution in [0.5, 0.6) is 0 Å². The minimum Gasteiger partial charge on any atom is -0.394 e. The molecule has 5 nitrogen and oxygen atoms in total. The second-order valence-corrected chi connectivity index (χ2v) is 1.99. The van der Waals surface area contributed by atoms with Crippen molar-refractivity contribution in [3.05, 3.63) is 0 Å². The van der Waals surface area contributed by atoms with E-state index < -0.39 is 31.5 Å². The van der Waals surface area contributed by atoms with Crippen molar-refractivity contribution in [3.8, 4) is 0 Å². The summed E-state index contributed by atoms with van der Waals surface area (Å²) in [5.74, 6) is 0. The highest BCUT2D eigenvalue weighted by Gasteiger charge is 2.22. The van der Waals surface area contributed by atoms with E-state index in [1.54, 1.807) is 0 Å². The van der Waals surface area contributed by atoms with Crippen LogP contribution in [0, 0.1) is 0 Å². The molecule has 3 atom stereocenters. The molecule has 0 fully saturated rings. The van der Waals surface area contributed by atoms with Gasteiger partial charge in [-0.1, -0.05) is 0 Å². The second-order valence-electron chi connectivity index (χ2n) is 1.99. The smallest absolute Gasteiger partial charge is 0.394 e. The molecular formula is C5H13O5+. The van der Waals surface area contributed by atoms with Crippen molar-refractivity contribution in [2.24, 2.45) is 0 Å². The Bertz CT molecular complexity index is 80.9. The van der Waals surface area contributed by atoms with Gasteiger partial charge in [-0.15, -0.1) is 0 Å². The Morgan fingerprint density at radius 3 is 1.40 bits per heavy atom. The average Bonchev–Trinajstić information content (AvgIpc) is 2.00. The maximum atomic E-state index is 8.77. The molecule has 0 saturated carbocycles. The molecule has 0 rings (SSSR count). The van der Waals surface area contributed by atoms with Crippen molar-refractivity contribution in [3.63, 3.8) is 0 Å². The molecule has 0 aromatic heterocycles. The summed E-state index contributed by atoms with van der Waals surface area (Å²) in [6.45, 7) is -1.28. The summed E-state index contributed by atoms with van der Waals surface area (Å²) >= 11 is 0. The van der Waals surface area contributed by atoms with Crippen LogP contribution in [-0.4, -0.2) is 57.1 Å². The molecule has 0 heterocycles. The van der Waals surface area contributed by atoms with Crippen molar-refractivity contribution >= 4 is 0 Å². The number of rotatable bonds is 4. The van der Waals surface area contributed by atoms with E-state index in [4.69, 9.17) is 25.5 Å². The maximum Gasteiger partial charge on any atom is 1.00 e. The number of hydrogen-bond acceptors (Lipinski definition) is 5. The van der Waals surface area contributed by atoms with Gasteiger partial charge in [-0.25, -0.2) is 0 Å². The minimum absolute atomic E-state index is 0. The summed E-state index contributed by atoms with van der Waals surface area (Å²) < 4.78 is 0. The fraction of sp³-hybridized carbons (Fsp3) is 1.00. The Hall–Kier alpha value is -0.200. The van der Waals surface area contributed by atoms with Gasteiger partial charge in [0, 0.05) is 0 Å². The van der Waals surface area contributed by atoms with Gasteiger partial charge < -0.3 is 25.5 Å². The zero-order valence-corrected chi connectivity index (χ0v) is 5.38. The molecule has 1 unspecified atom stereocenters. The molecule has 0 spiro atoms. The molecule has 5 heteroatoms. The van der Waals surface area contributed by atoms with Crippen LogP contribution in [0.3, 0.4) is 0 Å².